The van der Waals surface area contributed by atoms with Crippen LogP contribution in [0, 0.1) is 0 Å². The summed E-state index contributed by atoms with van der Waals surface area (Å²) in [7, 11) is 0. The number of ether oxygens (including phenoxy) is 1. The molecule has 0 radical (unpaired) electrons. The van der Waals surface area contributed by atoms with E-state index in [1.54, 1.807) is 0 Å². The summed E-state index contributed by atoms with van der Waals surface area (Å²) in [5, 5.41) is 4.04. The molecule has 0 spiro atoms. The van der Waals surface area contributed by atoms with Crippen molar-refractivity contribution in [1.29, 1.82) is 0 Å². The maximum atomic E-state index is 6.13. The molecule has 0 fully saturated rings. The quantitative estimate of drug-likeness (QED) is 0.806. The molecule has 2 rings (SSSR count). The number of nitrogens with two attached hydrogens (primary N) is 1. The Morgan fingerprint density at radius 3 is 2.60 bits per heavy atom. The molecule has 0 amide bonds. The van der Waals surface area contributed by atoms with Crippen LogP contribution in [0.4, 0.5) is 11.4 Å². The molecule has 0 aliphatic heterocycles. The predicted octanol–water partition coefficient (Wildman–Crippen LogP) is 4.32. The van der Waals surface area contributed by atoms with Gasteiger partial charge in [-0.15, -0.1) is 0 Å². The zero-order valence-corrected chi connectivity index (χ0v) is 12.4. The minimum absolute atomic E-state index is 0.0936. The van der Waals surface area contributed by atoms with Crippen LogP contribution in [-0.2, 0) is 6.54 Å². The van der Waals surface area contributed by atoms with Crippen LogP contribution < -0.4 is 15.8 Å². The summed E-state index contributed by atoms with van der Waals surface area (Å²) in [5.41, 5.74) is 8.61. The molecular formula is C16H19ClN2O. The first kappa shape index (κ1) is 14.5. The van der Waals surface area contributed by atoms with Crippen molar-refractivity contribution in [2.24, 2.45) is 0 Å². The van der Waals surface area contributed by atoms with Gasteiger partial charge in [-0.05, 0) is 37.6 Å². The number of anilines is 2. The molecule has 0 unspecified atom stereocenters. The average molecular weight is 291 g/mol. The van der Waals surface area contributed by atoms with Crippen molar-refractivity contribution in [2.75, 3.05) is 11.1 Å². The van der Waals surface area contributed by atoms with Gasteiger partial charge in [-0.25, -0.2) is 0 Å². The Kier molecular flexibility index (Phi) is 4.74. The summed E-state index contributed by atoms with van der Waals surface area (Å²) in [6, 6.07) is 13.5. The summed E-state index contributed by atoms with van der Waals surface area (Å²) < 4.78 is 5.67. The van der Waals surface area contributed by atoms with Crippen molar-refractivity contribution >= 4 is 23.0 Å². The summed E-state index contributed by atoms with van der Waals surface area (Å²) in [6.45, 7) is 4.57. The molecule has 0 saturated carbocycles. The van der Waals surface area contributed by atoms with E-state index < -0.39 is 0 Å². The molecule has 4 heteroatoms. The highest BCUT2D eigenvalue weighted by Crippen LogP contribution is 2.30. The van der Waals surface area contributed by atoms with Crippen LogP contribution in [0.2, 0.25) is 5.02 Å². The highest BCUT2D eigenvalue weighted by Gasteiger charge is 2.08. The van der Waals surface area contributed by atoms with E-state index in [-0.39, 0.29) is 6.10 Å². The first-order valence-electron chi connectivity index (χ1n) is 6.60. The van der Waals surface area contributed by atoms with Crippen molar-refractivity contribution in [3.8, 4) is 5.75 Å². The minimum atomic E-state index is 0.0936. The third-order valence-corrected chi connectivity index (χ3v) is 3.22. The maximum Gasteiger partial charge on any atom is 0.144 e. The molecule has 106 valence electrons. The molecule has 3 nitrogen and oxygen atoms in total. The topological polar surface area (TPSA) is 47.3 Å². The first-order valence-corrected chi connectivity index (χ1v) is 6.98. The number of rotatable bonds is 5. The number of nitrogens with one attached hydrogen (secondary N) is 1. The molecule has 0 aliphatic carbocycles. The number of benzene rings is 2. The van der Waals surface area contributed by atoms with E-state index in [1.807, 2.05) is 56.3 Å². The van der Waals surface area contributed by atoms with Crippen LogP contribution in [-0.4, -0.2) is 6.10 Å². The van der Waals surface area contributed by atoms with E-state index in [9.17, 15) is 0 Å². The van der Waals surface area contributed by atoms with E-state index in [0.717, 1.165) is 16.3 Å². The van der Waals surface area contributed by atoms with Gasteiger partial charge in [0.2, 0.25) is 0 Å². The average Bonchev–Trinajstić information content (AvgIpc) is 2.41. The van der Waals surface area contributed by atoms with Gasteiger partial charge in [0.1, 0.15) is 5.75 Å². The van der Waals surface area contributed by atoms with Gasteiger partial charge in [-0.2, -0.15) is 0 Å². The molecule has 20 heavy (non-hydrogen) atoms. The Morgan fingerprint density at radius 2 is 1.90 bits per heavy atom. The minimum Gasteiger partial charge on any atom is -0.489 e. The molecular weight excluding hydrogens is 272 g/mol. The van der Waals surface area contributed by atoms with Crippen LogP contribution in [0.3, 0.4) is 0 Å². The van der Waals surface area contributed by atoms with Gasteiger partial charge in [0.15, 0.2) is 0 Å². The lowest BCUT2D eigenvalue weighted by Crippen LogP contribution is -2.09. The van der Waals surface area contributed by atoms with E-state index in [1.165, 1.54) is 0 Å². The number of halogens is 1. The zero-order chi connectivity index (χ0) is 14.5. The zero-order valence-electron chi connectivity index (χ0n) is 11.7. The standard InChI is InChI=1S/C16H19ClN2O/c1-11(2)20-15-9-5-8-14(16(15)18)19-10-12-6-3-4-7-13(12)17/h3-9,11,19H,10,18H2,1-2H3. The van der Waals surface area contributed by atoms with Gasteiger partial charge in [-0.3, -0.25) is 0 Å². The highest BCUT2D eigenvalue weighted by molar-refractivity contribution is 6.31. The fourth-order valence-corrected chi connectivity index (χ4v) is 2.09. The fourth-order valence-electron chi connectivity index (χ4n) is 1.89. The first-order chi connectivity index (χ1) is 9.58. The monoisotopic (exact) mass is 290 g/mol. The van der Waals surface area contributed by atoms with Gasteiger partial charge in [0.05, 0.1) is 17.5 Å². The number of nitrogen functional groups attached to an aromatic ring is 1. The summed E-state index contributed by atoms with van der Waals surface area (Å²) >= 11 is 6.13. The second-order valence-electron chi connectivity index (χ2n) is 4.83. The number of hydrogen-bond donors (Lipinski definition) is 2. The maximum absolute atomic E-state index is 6.13. The molecule has 0 atom stereocenters. The fraction of sp³-hybridized carbons (Fsp3) is 0.250. The van der Waals surface area contributed by atoms with Crippen LogP contribution in [0.25, 0.3) is 0 Å². The van der Waals surface area contributed by atoms with Gasteiger partial charge in [0, 0.05) is 11.6 Å². The molecule has 0 bridgehead atoms. The molecule has 3 N–H and O–H groups in total. The van der Waals surface area contributed by atoms with E-state index in [2.05, 4.69) is 5.32 Å². The summed E-state index contributed by atoms with van der Waals surface area (Å²) in [4.78, 5) is 0. The molecule has 0 saturated heterocycles. The predicted molar refractivity (Wildman–Crippen MR) is 85.4 cm³/mol. The van der Waals surface area contributed by atoms with Crippen molar-refractivity contribution in [3.63, 3.8) is 0 Å². The van der Waals surface area contributed by atoms with Gasteiger partial charge < -0.3 is 15.8 Å². The Morgan fingerprint density at radius 1 is 1.15 bits per heavy atom. The van der Waals surface area contributed by atoms with Crippen molar-refractivity contribution in [2.45, 2.75) is 26.5 Å². The lowest BCUT2D eigenvalue weighted by Gasteiger charge is -2.16. The van der Waals surface area contributed by atoms with E-state index in [4.69, 9.17) is 22.1 Å². The molecule has 0 aliphatic rings. The van der Waals surface area contributed by atoms with Crippen LogP contribution in [0.5, 0.6) is 5.75 Å². The van der Waals surface area contributed by atoms with E-state index >= 15 is 0 Å². The third-order valence-electron chi connectivity index (χ3n) is 2.86. The lowest BCUT2D eigenvalue weighted by molar-refractivity contribution is 0.244. The Balaban J connectivity index is 2.12. The molecule has 2 aromatic carbocycles. The number of hydrogen-bond acceptors (Lipinski definition) is 3. The van der Waals surface area contributed by atoms with E-state index in [0.29, 0.717) is 18.0 Å². The van der Waals surface area contributed by atoms with Crippen molar-refractivity contribution < 1.29 is 4.74 Å². The van der Waals surface area contributed by atoms with Gasteiger partial charge in [-0.1, -0.05) is 35.9 Å². The van der Waals surface area contributed by atoms with Crippen LogP contribution in [0.15, 0.2) is 42.5 Å². The van der Waals surface area contributed by atoms with Crippen molar-refractivity contribution in [1.82, 2.24) is 0 Å². The second-order valence-corrected chi connectivity index (χ2v) is 5.24. The SMILES string of the molecule is CC(C)Oc1cccc(NCc2ccccc2Cl)c1N. The summed E-state index contributed by atoms with van der Waals surface area (Å²) in [6.07, 6.45) is 0.0936. The van der Waals surface area contributed by atoms with Gasteiger partial charge >= 0.3 is 0 Å². The Labute approximate surface area is 124 Å². The largest absolute Gasteiger partial charge is 0.489 e. The molecule has 2 aromatic rings. The Bertz CT molecular complexity index is 584. The van der Waals surface area contributed by atoms with Crippen LogP contribution in [0.1, 0.15) is 19.4 Å². The van der Waals surface area contributed by atoms with Crippen molar-refractivity contribution in [3.05, 3.63) is 53.1 Å². The lowest BCUT2D eigenvalue weighted by atomic mass is 10.2. The summed E-state index contributed by atoms with van der Waals surface area (Å²) in [5.74, 6) is 0.698. The third kappa shape index (κ3) is 3.58. The normalized spacial score (nSPS) is 10.6. The molecule has 0 aromatic heterocycles. The number of para-hydroxylation sites is 1. The molecule has 0 heterocycles. The highest BCUT2D eigenvalue weighted by atomic mass is 35.5. The van der Waals surface area contributed by atoms with Crippen LogP contribution >= 0.6 is 11.6 Å². The second kappa shape index (κ2) is 6.53. The smallest absolute Gasteiger partial charge is 0.144 e. The Hall–Kier alpha value is -1.87. The van der Waals surface area contributed by atoms with Gasteiger partial charge in [0.25, 0.3) is 0 Å².